The molecule has 0 aliphatic heterocycles. The maximum Gasteiger partial charge on any atom is 0.490 e. The molecule has 3 aromatic carbocycles. The van der Waals surface area contributed by atoms with E-state index in [0.29, 0.717) is 17.3 Å². The lowest BCUT2D eigenvalue weighted by Gasteiger charge is -2.14. The highest BCUT2D eigenvalue weighted by atomic mass is 19.4. The minimum Gasteiger partial charge on any atom is -0.493 e. The van der Waals surface area contributed by atoms with Crippen molar-refractivity contribution in [2.75, 3.05) is 19.5 Å². The predicted octanol–water partition coefficient (Wildman–Crippen LogP) is 6.12. The van der Waals surface area contributed by atoms with Gasteiger partial charge in [-0.2, -0.15) is 13.2 Å². The molecule has 0 fully saturated rings. The number of carboxylic acids is 1. The molecule has 1 aromatic heterocycles. The van der Waals surface area contributed by atoms with Crippen molar-refractivity contribution in [3.05, 3.63) is 72.6 Å². The Morgan fingerprint density at radius 1 is 0.917 bits per heavy atom. The second-order valence-corrected chi connectivity index (χ2v) is 7.27. The first-order valence-electron chi connectivity index (χ1n) is 10.4. The highest BCUT2D eigenvalue weighted by Gasteiger charge is 2.38. The minimum atomic E-state index is -5.08. The Balaban J connectivity index is 0.000000454. The summed E-state index contributed by atoms with van der Waals surface area (Å²) in [7, 11) is 3.21. The van der Waals surface area contributed by atoms with Crippen LogP contribution in [-0.2, 0) is 4.79 Å². The number of ether oxygens (including phenoxy) is 3. The molecule has 36 heavy (non-hydrogen) atoms. The van der Waals surface area contributed by atoms with Crippen LogP contribution in [0.4, 0.5) is 24.7 Å². The number of anilines is 2. The van der Waals surface area contributed by atoms with E-state index < -0.39 is 12.1 Å². The fraction of sp³-hybridized carbons (Fsp3) is 0.160. The van der Waals surface area contributed by atoms with Crippen LogP contribution in [0.15, 0.2) is 67.0 Å². The number of halogens is 3. The highest BCUT2D eigenvalue weighted by molar-refractivity contribution is 5.93. The van der Waals surface area contributed by atoms with Crippen molar-refractivity contribution in [2.45, 2.75) is 13.1 Å². The van der Waals surface area contributed by atoms with Crippen LogP contribution in [0.25, 0.3) is 10.9 Å². The Morgan fingerprint density at radius 2 is 1.56 bits per heavy atom. The van der Waals surface area contributed by atoms with Crippen LogP contribution in [0.1, 0.15) is 5.56 Å². The molecular weight excluding hydrogens is 479 g/mol. The fourth-order valence-electron chi connectivity index (χ4n) is 3.07. The van der Waals surface area contributed by atoms with Crippen LogP contribution in [0.2, 0.25) is 0 Å². The maximum absolute atomic E-state index is 10.6. The van der Waals surface area contributed by atoms with E-state index in [9.17, 15) is 13.2 Å². The number of nitrogens with zero attached hydrogens (tertiary/aromatic N) is 2. The van der Waals surface area contributed by atoms with Gasteiger partial charge in [-0.15, -0.1) is 0 Å². The largest absolute Gasteiger partial charge is 0.493 e. The molecule has 11 heteroatoms. The molecule has 0 amide bonds. The molecule has 0 atom stereocenters. The standard InChI is InChI=1S/C23H21N3O3.C2HF3O2/c1-15-11-17(29-16-7-5-4-6-8-16)9-10-19(15)26-23-18-12-21(27-2)22(28-3)13-20(18)24-14-25-23;3-2(4,5)1(6)7/h4-14H,1-3H3,(H,24,25,26);(H,6,7). The number of carboxylic acid groups (broad SMARTS) is 1. The number of aryl methyl sites for hydroxylation is 1. The summed E-state index contributed by atoms with van der Waals surface area (Å²) < 4.78 is 48.4. The van der Waals surface area contributed by atoms with Gasteiger partial charge in [0.25, 0.3) is 0 Å². The SMILES string of the molecule is COc1cc2ncnc(Nc3ccc(Oc4ccccc4)cc3C)c2cc1OC.O=C(O)C(F)(F)F. The third-order valence-electron chi connectivity index (χ3n) is 4.81. The number of alkyl halides is 3. The number of aliphatic carboxylic acids is 1. The Kier molecular flexibility index (Phi) is 8.15. The quantitative estimate of drug-likeness (QED) is 0.326. The number of rotatable bonds is 6. The van der Waals surface area contributed by atoms with Gasteiger partial charge in [0.1, 0.15) is 23.6 Å². The summed E-state index contributed by atoms with van der Waals surface area (Å²) in [6.07, 6.45) is -3.56. The average Bonchev–Trinajstić information content (AvgIpc) is 2.85. The van der Waals surface area contributed by atoms with Crippen LogP contribution in [0, 0.1) is 6.92 Å². The summed E-state index contributed by atoms with van der Waals surface area (Å²) in [5.41, 5.74) is 2.73. The van der Waals surface area contributed by atoms with Crippen LogP contribution in [0.3, 0.4) is 0 Å². The number of aromatic nitrogens is 2. The van der Waals surface area contributed by atoms with Crippen molar-refractivity contribution in [2.24, 2.45) is 0 Å². The second-order valence-electron chi connectivity index (χ2n) is 7.27. The Hall–Kier alpha value is -4.54. The summed E-state index contributed by atoms with van der Waals surface area (Å²) in [5, 5.41) is 11.4. The molecule has 0 saturated carbocycles. The topological polar surface area (TPSA) is 103 Å². The molecule has 8 nitrogen and oxygen atoms in total. The Labute approximate surface area is 204 Å². The van der Waals surface area contributed by atoms with Crippen LogP contribution in [0.5, 0.6) is 23.0 Å². The van der Waals surface area contributed by atoms with Crippen molar-refractivity contribution in [1.29, 1.82) is 0 Å². The molecule has 1 heterocycles. The van der Waals surface area contributed by atoms with Crippen molar-refractivity contribution in [3.63, 3.8) is 0 Å². The summed E-state index contributed by atoms with van der Waals surface area (Å²) in [4.78, 5) is 17.7. The lowest BCUT2D eigenvalue weighted by Crippen LogP contribution is -2.21. The van der Waals surface area contributed by atoms with Crippen LogP contribution in [-0.4, -0.2) is 41.4 Å². The van der Waals surface area contributed by atoms with Crippen molar-refractivity contribution in [1.82, 2.24) is 9.97 Å². The monoisotopic (exact) mass is 501 g/mol. The zero-order valence-corrected chi connectivity index (χ0v) is 19.5. The third-order valence-corrected chi connectivity index (χ3v) is 4.81. The van der Waals surface area contributed by atoms with Crippen LogP contribution < -0.4 is 19.5 Å². The molecule has 0 unspecified atom stereocenters. The number of fused-ring (bicyclic) bond motifs is 1. The van der Waals surface area contributed by atoms with Crippen molar-refractivity contribution >= 4 is 28.4 Å². The molecule has 0 radical (unpaired) electrons. The van der Waals surface area contributed by atoms with Crippen LogP contribution >= 0.6 is 0 Å². The first-order valence-corrected chi connectivity index (χ1v) is 10.4. The summed E-state index contributed by atoms with van der Waals surface area (Å²) >= 11 is 0. The van der Waals surface area contributed by atoms with E-state index >= 15 is 0 Å². The maximum atomic E-state index is 10.6. The van der Waals surface area contributed by atoms with Gasteiger partial charge >= 0.3 is 12.1 Å². The smallest absolute Gasteiger partial charge is 0.490 e. The fourth-order valence-corrected chi connectivity index (χ4v) is 3.07. The molecule has 0 aliphatic rings. The normalized spacial score (nSPS) is 10.7. The number of para-hydroxylation sites is 1. The Bertz CT molecular complexity index is 1350. The van der Waals surface area contributed by atoms with E-state index in [1.807, 2.05) is 67.6 Å². The van der Waals surface area contributed by atoms with Gasteiger partial charge in [0.15, 0.2) is 11.5 Å². The molecule has 0 saturated heterocycles. The van der Waals surface area contributed by atoms with E-state index in [4.69, 9.17) is 24.1 Å². The third kappa shape index (κ3) is 6.53. The number of hydrogen-bond donors (Lipinski definition) is 2. The number of benzene rings is 3. The zero-order chi connectivity index (χ0) is 26.3. The molecule has 0 aliphatic carbocycles. The van der Waals surface area contributed by atoms with Gasteiger partial charge in [-0.3, -0.25) is 0 Å². The molecule has 0 spiro atoms. The molecule has 0 bridgehead atoms. The minimum absolute atomic E-state index is 0.626. The number of methoxy groups -OCH3 is 2. The van der Waals surface area contributed by atoms with E-state index in [2.05, 4.69) is 15.3 Å². The number of carbonyl (C=O) groups is 1. The number of nitrogens with one attached hydrogen (secondary N) is 1. The van der Waals surface area contributed by atoms with Gasteiger partial charge in [0.2, 0.25) is 0 Å². The first-order chi connectivity index (χ1) is 17.1. The predicted molar refractivity (Wildman–Crippen MR) is 127 cm³/mol. The van der Waals surface area contributed by atoms with E-state index in [0.717, 1.165) is 33.7 Å². The lowest BCUT2D eigenvalue weighted by molar-refractivity contribution is -0.192. The van der Waals surface area contributed by atoms with Gasteiger partial charge in [0.05, 0.1) is 19.7 Å². The lowest BCUT2D eigenvalue weighted by atomic mass is 10.1. The molecule has 2 N–H and O–H groups in total. The summed E-state index contributed by atoms with van der Waals surface area (Å²) in [6.45, 7) is 2.02. The van der Waals surface area contributed by atoms with Gasteiger partial charge < -0.3 is 24.6 Å². The zero-order valence-electron chi connectivity index (χ0n) is 19.5. The van der Waals surface area contributed by atoms with Gasteiger partial charge in [-0.1, -0.05) is 18.2 Å². The number of hydrogen-bond acceptors (Lipinski definition) is 7. The van der Waals surface area contributed by atoms with E-state index in [1.54, 1.807) is 14.2 Å². The average molecular weight is 501 g/mol. The van der Waals surface area contributed by atoms with Crippen molar-refractivity contribution < 1.29 is 37.3 Å². The van der Waals surface area contributed by atoms with Gasteiger partial charge in [0, 0.05) is 17.1 Å². The summed E-state index contributed by atoms with van der Waals surface area (Å²) in [5.74, 6) is 0.765. The van der Waals surface area contributed by atoms with E-state index in [1.165, 1.54) is 6.33 Å². The highest BCUT2D eigenvalue weighted by Crippen LogP contribution is 2.35. The molecule has 188 valence electrons. The van der Waals surface area contributed by atoms with Gasteiger partial charge in [-0.25, -0.2) is 14.8 Å². The Morgan fingerprint density at radius 3 is 2.14 bits per heavy atom. The molecular formula is C25H22F3N3O5. The molecule has 4 aromatic rings. The second kappa shape index (κ2) is 11.3. The van der Waals surface area contributed by atoms with E-state index in [-0.39, 0.29) is 0 Å². The summed E-state index contributed by atoms with van der Waals surface area (Å²) in [6, 6.07) is 19.3. The van der Waals surface area contributed by atoms with Crippen molar-refractivity contribution in [3.8, 4) is 23.0 Å². The molecule has 4 rings (SSSR count). The van der Waals surface area contributed by atoms with Gasteiger partial charge in [-0.05, 0) is 48.9 Å². The first kappa shape index (κ1) is 26.1.